The Morgan fingerprint density at radius 3 is 2.48 bits per heavy atom. The first-order valence-electron chi connectivity index (χ1n) is 8.15. The predicted molar refractivity (Wildman–Crippen MR) is 89.7 cm³/mol. The second kappa shape index (κ2) is 7.08. The average Bonchev–Trinajstić information content (AvgIpc) is 2.49. The molecule has 21 heavy (non-hydrogen) atoms. The van der Waals surface area contributed by atoms with E-state index in [9.17, 15) is 0 Å². The molecule has 0 aromatic heterocycles. The lowest BCUT2D eigenvalue weighted by molar-refractivity contribution is 0.157. The molecule has 3 nitrogen and oxygen atoms in total. The molecular formula is C18H29N3. The third kappa shape index (κ3) is 4.07. The Bertz CT molecular complexity index is 487. The predicted octanol–water partition coefficient (Wildman–Crippen LogP) is 3.68. The molecule has 0 saturated heterocycles. The molecule has 0 atom stereocenters. The summed E-state index contributed by atoms with van der Waals surface area (Å²) in [6, 6.07) is 6.84. The van der Waals surface area contributed by atoms with Crippen molar-refractivity contribution in [3.63, 3.8) is 0 Å². The van der Waals surface area contributed by atoms with Gasteiger partial charge in [-0.05, 0) is 62.8 Å². The zero-order chi connectivity index (χ0) is 15.4. The maximum atomic E-state index is 7.51. The van der Waals surface area contributed by atoms with Crippen LogP contribution in [0.15, 0.2) is 18.2 Å². The fourth-order valence-electron chi connectivity index (χ4n) is 3.43. The number of nitrogens with zero attached hydrogens (tertiary/aromatic N) is 1. The molecule has 1 aromatic rings. The fourth-order valence-corrected chi connectivity index (χ4v) is 3.43. The zero-order valence-corrected chi connectivity index (χ0v) is 13.7. The molecule has 0 spiro atoms. The van der Waals surface area contributed by atoms with Crippen molar-refractivity contribution < 1.29 is 0 Å². The molecule has 0 aliphatic heterocycles. The molecule has 1 aromatic carbocycles. The summed E-state index contributed by atoms with van der Waals surface area (Å²) in [5.74, 6) is 1.10. The molecule has 0 radical (unpaired) electrons. The van der Waals surface area contributed by atoms with E-state index in [4.69, 9.17) is 11.1 Å². The first-order valence-corrected chi connectivity index (χ1v) is 8.15. The fraction of sp³-hybridized carbons (Fsp3) is 0.611. The number of amidine groups is 1. The summed E-state index contributed by atoms with van der Waals surface area (Å²) in [5, 5.41) is 7.51. The molecule has 3 heteroatoms. The number of hydrogen-bond donors (Lipinski definition) is 2. The Balaban J connectivity index is 1.96. The van der Waals surface area contributed by atoms with Gasteiger partial charge < -0.3 is 5.73 Å². The van der Waals surface area contributed by atoms with Gasteiger partial charge in [0.25, 0.3) is 0 Å². The molecule has 0 heterocycles. The molecule has 1 aliphatic carbocycles. The van der Waals surface area contributed by atoms with Gasteiger partial charge in [0, 0.05) is 18.2 Å². The third-order valence-corrected chi connectivity index (χ3v) is 5.09. The van der Waals surface area contributed by atoms with Gasteiger partial charge in [0.1, 0.15) is 5.84 Å². The van der Waals surface area contributed by atoms with Crippen molar-refractivity contribution in [2.24, 2.45) is 11.7 Å². The minimum absolute atomic E-state index is 0.149. The number of nitrogen functional groups attached to an aromatic ring is 1. The Morgan fingerprint density at radius 2 is 1.95 bits per heavy atom. The molecular weight excluding hydrogens is 258 g/mol. The Labute approximate surface area is 129 Å². The molecule has 1 saturated carbocycles. The zero-order valence-electron chi connectivity index (χ0n) is 13.7. The molecule has 1 fully saturated rings. The highest BCUT2D eigenvalue weighted by Gasteiger charge is 2.23. The number of nitrogens with one attached hydrogen (secondary N) is 1. The summed E-state index contributed by atoms with van der Waals surface area (Å²) in [7, 11) is 2.25. The molecule has 0 amide bonds. The second-order valence-electron chi connectivity index (χ2n) is 6.55. The smallest absolute Gasteiger partial charge is 0.122 e. The van der Waals surface area contributed by atoms with Gasteiger partial charge in [-0.2, -0.15) is 0 Å². The normalized spacial score (nSPS) is 22.5. The molecule has 116 valence electrons. The number of benzene rings is 1. The monoisotopic (exact) mass is 287 g/mol. The van der Waals surface area contributed by atoms with Crippen LogP contribution in [0.4, 0.5) is 0 Å². The van der Waals surface area contributed by atoms with Crippen molar-refractivity contribution in [2.75, 3.05) is 7.05 Å². The van der Waals surface area contributed by atoms with Crippen molar-refractivity contribution in [1.29, 1.82) is 5.41 Å². The molecule has 0 bridgehead atoms. The van der Waals surface area contributed by atoms with Crippen LogP contribution in [0.3, 0.4) is 0 Å². The van der Waals surface area contributed by atoms with Crippen LogP contribution in [0, 0.1) is 18.3 Å². The van der Waals surface area contributed by atoms with Crippen molar-refractivity contribution in [2.45, 2.75) is 58.5 Å². The van der Waals surface area contributed by atoms with E-state index in [-0.39, 0.29) is 5.84 Å². The van der Waals surface area contributed by atoms with Crippen molar-refractivity contribution >= 4 is 5.84 Å². The van der Waals surface area contributed by atoms with E-state index in [1.807, 2.05) is 12.1 Å². The number of hydrogen-bond acceptors (Lipinski definition) is 2. The topological polar surface area (TPSA) is 53.1 Å². The van der Waals surface area contributed by atoms with Gasteiger partial charge in [-0.25, -0.2) is 0 Å². The van der Waals surface area contributed by atoms with Gasteiger partial charge in [0.2, 0.25) is 0 Å². The molecule has 2 rings (SSSR count). The molecule has 0 unspecified atom stereocenters. The highest BCUT2D eigenvalue weighted by atomic mass is 15.1. The van der Waals surface area contributed by atoms with Crippen LogP contribution in [0.1, 0.15) is 55.7 Å². The summed E-state index contributed by atoms with van der Waals surface area (Å²) in [6.45, 7) is 5.42. The van der Waals surface area contributed by atoms with E-state index in [0.717, 1.165) is 24.1 Å². The van der Waals surface area contributed by atoms with Crippen LogP contribution in [-0.2, 0) is 6.54 Å². The summed E-state index contributed by atoms with van der Waals surface area (Å²) in [6.07, 6.45) is 6.77. The molecule has 1 aliphatic rings. The SMILES string of the molecule is CCC1CCC(N(C)Cc2ccc(C(=N)N)cc2C)CC1. The number of aryl methyl sites for hydroxylation is 1. The minimum Gasteiger partial charge on any atom is -0.384 e. The van der Waals surface area contributed by atoms with Crippen LogP contribution in [-0.4, -0.2) is 23.8 Å². The van der Waals surface area contributed by atoms with Crippen molar-refractivity contribution in [3.05, 3.63) is 34.9 Å². The quantitative estimate of drug-likeness (QED) is 0.641. The summed E-state index contributed by atoms with van der Waals surface area (Å²) < 4.78 is 0. The minimum atomic E-state index is 0.149. The third-order valence-electron chi connectivity index (χ3n) is 5.09. The van der Waals surface area contributed by atoms with Crippen LogP contribution < -0.4 is 5.73 Å². The van der Waals surface area contributed by atoms with Crippen LogP contribution in [0.25, 0.3) is 0 Å². The van der Waals surface area contributed by atoms with Gasteiger partial charge >= 0.3 is 0 Å². The van der Waals surface area contributed by atoms with E-state index < -0.39 is 0 Å². The van der Waals surface area contributed by atoms with Crippen LogP contribution in [0.5, 0.6) is 0 Å². The lowest BCUT2D eigenvalue weighted by Gasteiger charge is -2.34. The first-order chi connectivity index (χ1) is 10.0. The second-order valence-corrected chi connectivity index (χ2v) is 6.55. The Kier molecular flexibility index (Phi) is 5.40. The largest absolute Gasteiger partial charge is 0.384 e. The maximum absolute atomic E-state index is 7.51. The van der Waals surface area contributed by atoms with E-state index in [1.54, 1.807) is 0 Å². The first kappa shape index (κ1) is 16.0. The Hall–Kier alpha value is -1.35. The average molecular weight is 287 g/mol. The van der Waals surface area contributed by atoms with Gasteiger partial charge in [0.05, 0.1) is 0 Å². The van der Waals surface area contributed by atoms with Crippen LogP contribution >= 0.6 is 0 Å². The lowest BCUT2D eigenvalue weighted by atomic mass is 9.84. The summed E-state index contributed by atoms with van der Waals surface area (Å²) in [4.78, 5) is 2.50. The lowest BCUT2D eigenvalue weighted by Crippen LogP contribution is -2.34. The van der Waals surface area contributed by atoms with Gasteiger partial charge in [-0.15, -0.1) is 0 Å². The molecule has 3 N–H and O–H groups in total. The van der Waals surface area contributed by atoms with E-state index >= 15 is 0 Å². The number of rotatable bonds is 5. The standard InChI is InChI=1S/C18H29N3/c1-4-14-5-9-17(10-6-14)21(3)12-16-8-7-15(18(19)20)11-13(16)2/h7-8,11,14,17H,4-6,9-10,12H2,1-3H3,(H3,19,20). The highest BCUT2D eigenvalue weighted by Crippen LogP contribution is 2.29. The van der Waals surface area contributed by atoms with Crippen molar-refractivity contribution in [3.8, 4) is 0 Å². The van der Waals surface area contributed by atoms with Gasteiger partial charge in [0.15, 0.2) is 0 Å². The summed E-state index contributed by atoms with van der Waals surface area (Å²) in [5.41, 5.74) is 8.95. The maximum Gasteiger partial charge on any atom is 0.122 e. The van der Waals surface area contributed by atoms with E-state index in [2.05, 4.69) is 31.9 Å². The van der Waals surface area contributed by atoms with Crippen molar-refractivity contribution in [1.82, 2.24) is 4.90 Å². The van der Waals surface area contributed by atoms with Gasteiger partial charge in [-0.1, -0.05) is 25.5 Å². The highest BCUT2D eigenvalue weighted by molar-refractivity contribution is 5.95. The van der Waals surface area contributed by atoms with Crippen LogP contribution in [0.2, 0.25) is 0 Å². The summed E-state index contributed by atoms with van der Waals surface area (Å²) >= 11 is 0. The Morgan fingerprint density at radius 1 is 1.29 bits per heavy atom. The van der Waals surface area contributed by atoms with Gasteiger partial charge in [-0.3, -0.25) is 10.3 Å². The number of nitrogens with two attached hydrogens (primary N) is 1. The van der Waals surface area contributed by atoms with E-state index in [1.165, 1.54) is 43.2 Å². The van der Waals surface area contributed by atoms with E-state index in [0.29, 0.717) is 0 Å².